The maximum atomic E-state index is 12.4. The molecule has 8 heteroatoms. The summed E-state index contributed by atoms with van der Waals surface area (Å²) in [5, 5.41) is 17.1. The second-order valence-corrected chi connectivity index (χ2v) is 6.80. The Morgan fingerprint density at radius 2 is 2.19 bits per heavy atom. The summed E-state index contributed by atoms with van der Waals surface area (Å²) >= 11 is 0. The molecule has 3 heterocycles. The molecule has 27 heavy (non-hydrogen) atoms. The summed E-state index contributed by atoms with van der Waals surface area (Å²) in [6, 6.07) is 0.564. The van der Waals surface area contributed by atoms with Gasteiger partial charge in [0.25, 0.3) is 5.91 Å². The van der Waals surface area contributed by atoms with Crippen LogP contribution in [0.1, 0.15) is 41.1 Å². The minimum absolute atomic E-state index is 0.0813. The predicted octanol–water partition coefficient (Wildman–Crippen LogP) is 0.817. The van der Waals surface area contributed by atoms with Gasteiger partial charge in [-0.3, -0.25) is 14.8 Å². The number of aliphatic hydroxyl groups is 1. The summed E-state index contributed by atoms with van der Waals surface area (Å²) < 4.78 is 0. The SMILES string of the molecule is Cc1[nH]c(/C=C2/C(=O)NN=C2c2cnccn2)c(CNC2CC2)c1CCO. The lowest BCUT2D eigenvalue weighted by molar-refractivity contribution is -0.116. The highest BCUT2D eigenvalue weighted by molar-refractivity contribution is 6.32. The van der Waals surface area contributed by atoms with Gasteiger partial charge in [-0.25, -0.2) is 5.43 Å². The lowest BCUT2D eigenvalue weighted by Gasteiger charge is -2.07. The zero-order chi connectivity index (χ0) is 18.8. The number of nitrogens with one attached hydrogen (secondary N) is 3. The number of H-pyrrole nitrogens is 1. The van der Waals surface area contributed by atoms with Gasteiger partial charge in [-0.05, 0) is 43.4 Å². The third kappa shape index (κ3) is 3.67. The Morgan fingerprint density at radius 3 is 2.89 bits per heavy atom. The van der Waals surface area contributed by atoms with Crippen molar-refractivity contribution in [2.24, 2.45) is 5.10 Å². The van der Waals surface area contributed by atoms with Gasteiger partial charge in [-0.1, -0.05) is 0 Å². The quantitative estimate of drug-likeness (QED) is 0.542. The van der Waals surface area contributed by atoms with Gasteiger partial charge in [-0.15, -0.1) is 0 Å². The molecule has 1 fully saturated rings. The van der Waals surface area contributed by atoms with Gasteiger partial charge in [0.05, 0.1) is 11.8 Å². The van der Waals surface area contributed by atoms with E-state index >= 15 is 0 Å². The normalized spacial score (nSPS) is 18.1. The van der Waals surface area contributed by atoms with Crippen molar-refractivity contribution in [1.82, 2.24) is 25.7 Å². The minimum atomic E-state index is -0.271. The molecule has 0 spiro atoms. The van der Waals surface area contributed by atoms with Gasteiger partial charge in [0.1, 0.15) is 11.4 Å². The first kappa shape index (κ1) is 17.6. The number of aromatic nitrogens is 3. The molecule has 0 aromatic carbocycles. The average molecular weight is 366 g/mol. The first-order valence-corrected chi connectivity index (χ1v) is 9.08. The highest BCUT2D eigenvalue weighted by Crippen LogP contribution is 2.26. The molecule has 0 atom stereocenters. The molecular weight excluding hydrogens is 344 g/mol. The fourth-order valence-electron chi connectivity index (χ4n) is 3.28. The number of aromatic amines is 1. The molecule has 0 bridgehead atoms. The van der Waals surface area contributed by atoms with Crippen LogP contribution in [0.2, 0.25) is 0 Å². The van der Waals surface area contributed by atoms with Crippen molar-refractivity contribution >= 4 is 17.7 Å². The van der Waals surface area contributed by atoms with Crippen LogP contribution < -0.4 is 10.7 Å². The fourth-order valence-corrected chi connectivity index (χ4v) is 3.28. The van der Waals surface area contributed by atoms with E-state index in [4.69, 9.17) is 0 Å². The van der Waals surface area contributed by atoms with Crippen molar-refractivity contribution in [2.75, 3.05) is 6.61 Å². The summed E-state index contributed by atoms with van der Waals surface area (Å²) in [7, 11) is 0. The Kier molecular flexibility index (Phi) is 4.83. The zero-order valence-corrected chi connectivity index (χ0v) is 15.1. The summed E-state index contributed by atoms with van der Waals surface area (Å²) in [5.74, 6) is -0.271. The summed E-state index contributed by atoms with van der Waals surface area (Å²) in [5.41, 5.74) is 8.00. The zero-order valence-electron chi connectivity index (χ0n) is 15.1. The van der Waals surface area contributed by atoms with Crippen LogP contribution in [0.5, 0.6) is 0 Å². The van der Waals surface area contributed by atoms with Crippen molar-refractivity contribution in [1.29, 1.82) is 0 Å². The van der Waals surface area contributed by atoms with E-state index in [0.717, 1.165) is 22.5 Å². The van der Waals surface area contributed by atoms with Crippen molar-refractivity contribution in [3.8, 4) is 0 Å². The van der Waals surface area contributed by atoms with Crippen molar-refractivity contribution in [3.05, 3.63) is 52.4 Å². The smallest absolute Gasteiger partial charge is 0.273 e. The maximum Gasteiger partial charge on any atom is 0.273 e. The number of carbonyl (C=O) groups excluding carboxylic acids is 1. The van der Waals surface area contributed by atoms with Crippen LogP contribution in [0, 0.1) is 6.92 Å². The Balaban J connectivity index is 1.72. The average Bonchev–Trinajstić information content (AvgIpc) is 3.37. The summed E-state index contributed by atoms with van der Waals surface area (Å²) in [6.45, 7) is 2.76. The highest BCUT2D eigenvalue weighted by Gasteiger charge is 2.27. The molecule has 0 unspecified atom stereocenters. The van der Waals surface area contributed by atoms with Gasteiger partial charge >= 0.3 is 0 Å². The molecule has 1 amide bonds. The highest BCUT2D eigenvalue weighted by atomic mass is 16.3. The number of rotatable bonds is 7. The molecule has 2 aromatic rings. The van der Waals surface area contributed by atoms with Crippen LogP contribution in [0.3, 0.4) is 0 Å². The number of amides is 1. The third-order valence-corrected chi connectivity index (χ3v) is 4.83. The second-order valence-electron chi connectivity index (χ2n) is 6.80. The molecule has 1 aliphatic heterocycles. The maximum absolute atomic E-state index is 12.4. The van der Waals surface area contributed by atoms with Gasteiger partial charge in [0.15, 0.2) is 0 Å². The molecule has 140 valence electrons. The Bertz CT molecular complexity index is 912. The predicted molar refractivity (Wildman–Crippen MR) is 101 cm³/mol. The lowest BCUT2D eigenvalue weighted by Crippen LogP contribution is -2.17. The summed E-state index contributed by atoms with van der Waals surface area (Å²) in [6.07, 6.45) is 9.51. The first-order valence-electron chi connectivity index (χ1n) is 9.08. The van der Waals surface area contributed by atoms with Crippen LogP contribution in [0.4, 0.5) is 0 Å². The molecule has 0 radical (unpaired) electrons. The third-order valence-electron chi connectivity index (χ3n) is 4.83. The molecule has 2 aromatic heterocycles. The molecule has 4 rings (SSSR count). The van der Waals surface area contributed by atoms with E-state index in [1.54, 1.807) is 18.6 Å². The van der Waals surface area contributed by atoms with Crippen LogP contribution >= 0.6 is 0 Å². The second kappa shape index (κ2) is 7.42. The van der Waals surface area contributed by atoms with E-state index in [2.05, 4.69) is 30.8 Å². The fraction of sp³-hybridized carbons (Fsp3) is 0.368. The van der Waals surface area contributed by atoms with E-state index in [1.807, 2.05) is 13.0 Å². The molecule has 8 nitrogen and oxygen atoms in total. The first-order chi connectivity index (χ1) is 13.2. The van der Waals surface area contributed by atoms with Crippen LogP contribution in [0.15, 0.2) is 29.3 Å². The monoisotopic (exact) mass is 366 g/mol. The number of carbonyl (C=O) groups is 1. The topological polar surface area (TPSA) is 115 Å². The van der Waals surface area contributed by atoms with Crippen molar-refractivity contribution < 1.29 is 9.90 Å². The number of hydrogen-bond acceptors (Lipinski definition) is 6. The number of hydrogen-bond donors (Lipinski definition) is 4. The molecule has 1 aliphatic carbocycles. The van der Waals surface area contributed by atoms with Crippen LogP contribution in [-0.4, -0.2) is 44.3 Å². The van der Waals surface area contributed by atoms with E-state index in [0.29, 0.717) is 36.0 Å². The molecule has 0 saturated heterocycles. The van der Waals surface area contributed by atoms with Crippen LogP contribution in [0.25, 0.3) is 6.08 Å². The van der Waals surface area contributed by atoms with E-state index < -0.39 is 0 Å². The largest absolute Gasteiger partial charge is 0.396 e. The van der Waals surface area contributed by atoms with E-state index in [9.17, 15) is 9.90 Å². The van der Waals surface area contributed by atoms with Gasteiger partial charge in [0, 0.05) is 43.0 Å². The standard InChI is InChI=1S/C19H22N6O2/c1-11-13(4-7-26)15(9-22-12-2-3-12)16(23-11)8-14-18(24-25-19(14)27)17-10-20-5-6-21-17/h5-6,8,10,12,22-23,26H,2-4,7,9H2,1H3,(H,25,27)/b14-8+. The summed E-state index contributed by atoms with van der Waals surface area (Å²) in [4.78, 5) is 24.0. The number of aryl methyl sites for hydroxylation is 1. The van der Waals surface area contributed by atoms with Crippen molar-refractivity contribution in [3.63, 3.8) is 0 Å². The minimum Gasteiger partial charge on any atom is -0.396 e. The Hall–Kier alpha value is -2.84. The number of nitrogens with zero attached hydrogens (tertiary/aromatic N) is 3. The van der Waals surface area contributed by atoms with Gasteiger partial charge < -0.3 is 15.4 Å². The van der Waals surface area contributed by atoms with Crippen molar-refractivity contribution in [2.45, 2.75) is 38.8 Å². The molecular formula is C19H22N6O2. The molecule has 4 N–H and O–H groups in total. The van der Waals surface area contributed by atoms with Gasteiger partial charge in [-0.2, -0.15) is 5.10 Å². The Morgan fingerprint density at radius 1 is 1.33 bits per heavy atom. The van der Waals surface area contributed by atoms with Crippen LogP contribution in [-0.2, 0) is 17.8 Å². The number of hydrazone groups is 1. The molecule has 1 saturated carbocycles. The van der Waals surface area contributed by atoms with E-state index in [1.165, 1.54) is 12.8 Å². The number of aliphatic hydroxyl groups excluding tert-OH is 1. The van der Waals surface area contributed by atoms with E-state index in [-0.39, 0.29) is 12.5 Å². The molecule has 2 aliphatic rings. The lowest BCUT2D eigenvalue weighted by atomic mass is 10.0. The Labute approximate surface area is 156 Å². The van der Waals surface area contributed by atoms with Gasteiger partial charge in [0.2, 0.25) is 0 Å².